The maximum Gasteiger partial charge on any atom is 0.435 e. The molecule has 0 fully saturated rings. The molecule has 28 heavy (non-hydrogen) atoms. The molecule has 1 aromatic heterocycles. The molecule has 0 N–H and O–H groups in total. The standard InChI is InChI=1S/C19H21ClF3N3O2/c1-10(2)13(5)26-15(8-16(25-26)19(21,22)23)18(28-9-27)24-17-11(3)6-14(20)7-12(17)4/h6-10,13H,1-5H3/b24-18-. The molecular weight excluding hydrogens is 395 g/mol. The summed E-state index contributed by atoms with van der Waals surface area (Å²) in [7, 11) is 0. The van der Waals surface area contributed by atoms with E-state index in [2.05, 4.69) is 10.1 Å². The van der Waals surface area contributed by atoms with Crippen molar-refractivity contribution >= 4 is 29.7 Å². The molecule has 9 heteroatoms. The number of hydrogen-bond acceptors (Lipinski definition) is 4. The number of aryl methyl sites for hydroxylation is 2. The molecule has 0 aliphatic rings. The summed E-state index contributed by atoms with van der Waals surface area (Å²) in [6.07, 6.45) is -4.64. The topological polar surface area (TPSA) is 56.5 Å². The molecular formula is C19H21ClF3N3O2. The molecule has 0 bridgehead atoms. The van der Waals surface area contributed by atoms with Gasteiger partial charge in [-0.2, -0.15) is 18.3 Å². The van der Waals surface area contributed by atoms with Crippen LogP contribution in [0.5, 0.6) is 0 Å². The second kappa shape index (κ2) is 8.34. The molecule has 5 nitrogen and oxygen atoms in total. The number of carbonyl (C=O) groups is 1. The number of alkyl halides is 3. The van der Waals surface area contributed by atoms with E-state index in [1.165, 1.54) is 4.68 Å². The van der Waals surface area contributed by atoms with Crippen LogP contribution < -0.4 is 0 Å². The van der Waals surface area contributed by atoms with Crippen LogP contribution in [0.25, 0.3) is 0 Å². The molecule has 2 aromatic rings. The molecule has 0 spiro atoms. The molecule has 1 heterocycles. The Morgan fingerprint density at radius 3 is 2.25 bits per heavy atom. The third-order valence-corrected chi connectivity index (χ3v) is 4.64. The lowest BCUT2D eigenvalue weighted by Gasteiger charge is -2.19. The number of rotatable bonds is 5. The highest BCUT2D eigenvalue weighted by Crippen LogP contribution is 2.32. The highest BCUT2D eigenvalue weighted by molar-refractivity contribution is 6.30. The summed E-state index contributed by atoms with van der Waals surface area (Å²) in [6.45, 7) is 9.09. The van der Waals surface area contributed by atoms with Gasteiger partial charge < -0.3 is 4.74 Å². The van der Waals surface area contributed by atoms with Gasteiger partial charge in [0, 0.05) is 11.1 Å². The molecule has 0 saturated heterocycles. The first-order chi connectivity index (χ1) is 13.0. The van der Waals surface area contributed by atoms with Crippen molar-refractivity contribution < 1.29 is 22.7 Å². The Kier molecular flexibility index (Phi) is 6.54. The predicted octanol–water partition coefficient (Wildman–Crippen LogP) is 5.64. The van der Waals surface area contributed by atoms with Gasteiger partial charge in [-0.3, -0.25) is 9.48 Å². The summed E-state index contributed by atoms with van der Waals surface area (Å²) in [5, 5.41) is 4.20. The summed E-state index contributed by atoms with van der Waals surface area (Å²) < 4.78 is 45.9. The number of aromatic nitrogens is 2. The number of ether oxygens (including phenoxy) is 1. The van der Waals surface area contributed by atoms with Crippen molar-refractivity contribution in [3.8, 4) is 0 Å². The average Bonchev–Trinajstić information content (AvgIpc) is 3.01. The van der Waals surface area contributed by atoms with E-state index in [-0.39, 0.29) is 30.0 Å². The maximum atomic E-state index is 13.3. The summed E-state index contributed by atoms with van der Waals surface area (Å²) >= 11 is 6.02. The average molecular weight is 416 g/mol. The highest BCUT2D eigenvalue weighted by Gasteiger charge is 2.36. The number of aliphatic imine (C=N–C) groups is 1. The number of halogens is 4. The molecule has 0 amide bonds. The Morgan fingerprint density at radius 2 is 1.79 bits per heavy atom. The smallest absolute Gasteiger partial charge is 0.407 e. The Labute approximate surface area is 166 Å². The second-order valence-corrected chi connectivity index (χ2v) is 7.30. The van der Waals surface area contributed by atoms with Crippen LogP contribution in [0.3, 0.4) is 0 Å². The minimum atomic E-state index is -4.64. The summed E-state index contributed by atoms with van der Waals surface area (Å²) in [4.78, 5) is 15.4. The Hall–Kier alpha value is -2.35. The van der Waals surface area contributed by atoms with E-state index in [0.717, 1.165) is 6.07 Å². The van der Waals surface area contributed by atoms with E-state index >= 15 is 0 Å². The summed E-state index contributed by atoms with van der Waals surface area (Å²) in [5.74, 6) is -0.282. The zero-order chi connectivity index (χ0) is 21.2. The lowest BCUT2D eigenvalue weighted by atomic mass is 10.1. The second-order valence-electron chi connectivity index (χ2n) is 6.86. The zero-order valence-electron chi connectivity index (χ0n) is 16.1. The van der Waals surface area contributed by atoms with Crippen molar-refractivity contribution in [2.75, 3.05) is 0 Å². The molecule has 1 unspecified atom stereocenters. The molecule has 2 rings (SSSR count). The van der Waals surface area contributed by atoms with E-state index in [0.29, 0.717) is 21.8 Å². The van der Waals surface area contributed by atoms with Gasteiger partial charge in [0.2, 0.25) is 5.90 Å². The van der Waals surface area contributed by atoms with Crippen molar-refractivity contribution in [2.24, 2.45) is 10.9 Å². The van der Waals surface area contributed by atoms with Crippen LogP contribution in [0, 0.1) is 19.8 Å². The first-order valence-electron chi connectivity index (χ1n) is 8.58. The van der Waals surface area contributed by atoms with E-state index in [1.54, 1.807) is 32.9 Å². The van der Waals surface area contributed by atoms with E-state index in [4.69, 9.17) is 16.3 Å². The quantitative estimate of drug-likeness (QED) is 0.360. The third kappa shape index (κ3) is 4.73. The molecule has 0 saturated carbocycles. The number of carbonyl (C=O) groups excluding carboxylic acids is 1. The Balaban J connectivity index is 2.72. The van der Waals surface area contributed by atoms with Gasteiger partial charge in [-0.05, 0) is 49.9 Å². The first kappa shape index (κ1) is 21.9. The van der Waals surface area contributed by atoms with Gasteiger partial charge in [0.05, 0.1) is 11.7 Å². The van der Waals surface area contributed by atoms with Gasteiger partial charge in [-0.15, -0.1) is 0 Å². The van der Waals surface area contributed by atoms with Gasteiger partial charge in [-0.1, -0.05) is 25.4 Å². The predicted molar refractivity (Wildman–Crippen MR) is 101 cm³/mol. The van der Waals surface area contributed by atoms with Crippen LogP contribution >= 0.6 is 11.6 Å². The molecule has 152 valence electrons. The SMILES string of the molecule is Cc1cc(Cl)cc(C)c1/N=C(\OC=O)c1cc(C(F)(F)F)nn1C(C)C(C)C. The highest BCUT2D eigenvalue weighted by atomic mass is 35.5. The van der Waals surface area contributed by atoms with Crippen LogP contribution in [-0.4, -0.2) is 22.2 Å². The van der Waals surface area contributed by atoms with E-state index < -0.39 is 11.9 Å². The summed E-state index contributed by atoms with van der Waals surface area (Å²) in [6, 6.07) is 3.78. The fourth-order valence-corrected chi connectivity index (χ4v) is 2.98. The van der Waals surface area contributed by atoms with Gasteiger partial charge >= 0.3 is 6.18 Å². The van der Waals surface area contributed by atoms with Crippen LogP contribution in [0.4, 0.5) is 18.9 Å². The van der Waals surface area contributed by atoms with Crippen molar-refractivity contribution in [3.05, 3.63) is 45.7 Å². The molecule has 1 aromatic carbocycles. The fourth-order valence-electron chi connectivity index (χ4n) is 2.66. The molecule has 0 aliphatic carbocycles. The van der Waals surface area contributed by atoms with Gasteiger partial charge in [0.1, 0.15) is 5.69 Å². The van der Waals surface area contributed by atoms with Crippen molar-refractivity contribution in [1.29, 1.82) is 0 Å². The lowest BCUT2D eigenvalue weighted by molar-refractivity contribution is -0.141. The molecule has 0 radical (unpaired) electrons. The van der Waals surface area contributed by atoms with E-state index in [1.807, 2.05) is 13.8 Å². The van der Waals surface area contributed by atoms with E-state index in [9.17, 15) is 18.0 Å². The zero-order valence-corrected chi connectivity index (χ0v) is 16.9. The fraction of sp³-hybridized carbons (Fsp3) is 0.421. The molecule has 0 aliphatic heterocycles. The van der Waals surface area contributed by atoms with Crippen molar-refractivity contribution in [1.82, 2.24) is 9.78 Å². The number of nitrogens with zero attached hydrogens (tertiary/aromatic N) is 3. The third-order valence-electron chi connectivity index (χ3n) is 4.42. The van der Waals surface area contributed by atoms with Gasteiger partial charge in [0.15, 0.2) is 5.69 Å². The minimum absolute atomic E-state index is 0.0174. The number of benzene rings is 1. The van der Waals surface area contributed by atoms with Crippen LogP contribution in [0.2, 0.25) is 5.02 Å². The Morgan fingerprint density at radius 1 is 1.21 bits per heavy atom. The Bertz CT molecular complexity index is 881. The largest absolute Gasteiger partial charge is 0.435 e. The van der Waals surface area contributed by atoms with Crippen LogP contribution in [0.1, 0.15) is 49.3 Å². The minimum Gasteiger partial charge on any atom is -0.407 e. The molecule has 1 atom stereocenters. The maximum absolute atomic E-state index is 13.3. The van der Waals surface area contributed by atoms with Crippen molar-refractivity contribution in [2.45, 2.75) is 46.8 Å². The van der Waals surface area contributed by atoms with Gasteiger partial charge in [0.25, 0.3) is 6.47 Å². The number of hydrogen-bond donors (Lipinski definition) is 0. The van der Waals surface area contributed by atoms with Gasteiger partial charge in [-0.25, -0.2) is 4.99 Å². The van der Waals surface area contributed by atoms with Crippen molar-refractivity contribution in [3.63, 3.8) is 0 Å². The normalized spacial score (nSPS) is 13.7. The first-order valence-corrected chi connectivity index (χ1v) is 8.96. The lowest BCUT2D eigenvalue weighted by Crippen LogP contribution is -2.20. The summed E-state index contributed by atoms with van der Waals surface area (Å²) in [5.41, 5.74) is 0.725. The monoisotopic (exact) mass is 415 g/mol. The van der Waals surface area contributed by atoms with Crippen LogP contribution in [0.15, 0.2) is 23.2 Å². The van der Waals surface area contributed by atoms with Crippen LogP contribution in [-0.2, 0) is 15.7 Å².